The molecule has 0 amide bonds. The van der Waals surface area contributed by atoms with E-state index in [1.54, 1.807) is 18.2 Å². The molecule has 0 saturated heterocycles. The predicted molar refractivity (Wildman–Crippen MR) is 122 cm³/mol. The van der Waals surface area contributed by atoms with Crippen LogP contribution in [0, 0.1) is 0 Å². The molecule has 0 saturated carbocycles. The molecule has 4 nitrogen and oxygen atoms in total. The van der Waals surface area contributed by atoms with Gasteiger partial charge in [-0.2, -0.15) is 0 Å². The Morgan fingerprint density at radius 1 is 1.03 bits per heavy atom. The Hall–Kier alpha value is -2.60. The number of carbonyl (C=O) groups excluding carboxylic acids is 1. The number of ether oxygens (including phenoxy) is 1. The Morgan fingerprint density at radius 3 is 2.50 bits per heavy atom. The van der Waals surface area contributed by atoms with Gasteiger partial charge in [-0.25, -0.2) is 4.79 Å². The van der Waals surface area contributed by atoms with E-state index in [1.165, 1.54) is 0 Å². The summed E-state index contributed by atoms with van der Waals surface area (Å²) in [5.41, 5.74) is 3.03. The van der Waals surface area contributed by atoms with E-state index in [9.17, 15) is 4.79 Å². The van der Waals surface area contributed by atoms with Crippen molar-refractivity contribution in [1.29, 1.82) is 0 Å². The zero-order chi connectivity index (χ0) is 21.1. The molecule has 7 heteroatoms. The van der Waals surface area contributed by atoms with Crippen molar-refractivity contribution in [3.05, 3.63) is 104 Å². The zero-order valence-electron chi connectivity index (χ0n) is 15.4. The molecule has 1 aliphatic rings. The van der Waals surface area contributed by atoms with Crippen molar-refractivity contribution < 1.29 is 14.4 Å². The van der Waals surface area contributed by atoms with Crippen LogP contribution in [0.5, 0.6) is 5.75 Å². The summed E-state index contributed by atoms with van der Waals surface area (Å²) in [6.07, 6.45) is 1.63. The van der Waals surface area contributed by atoms with Crippen LogP contribution in [0.4, 0.5) is 0 Å². The topological polar surface area (TPSA) is 47.9 Å². The van der Waals surface area contributed by atoms with Crippen LogP contribution < -0.4 is 4.74 Å². The normalized spacial score (nSPS) is 14.6. The van der Waals surface area contributed by atoms with Crippen LogP contribution in [0.3, 0.4) is 0 Å². The molecule has 3 aromatic carbocycles. The summed E-state index contributed by atoms with van der Waals surface area (Å²) in [5, 5.41) is 4.70. The summed E-state index contributed by atoms with van der Waals surface area (Å²) in [5.74, 6) is -0.132. The Labute approximate surface area is 191 Å². The highest BCUT2D eigenvalue weighted by atomic mass is 79.9. The summed E-state index contributed by atoms with van der Waals surface area (Å²) in [4.78, 5) is 17.3. The maximum Gasteiger partial charge on any atom is 0.368 e. The van der Waals surface area contributed by atoms with E-state index < -0.39 is 5.97 Å². The number of hydrogen-bond donors (Lipinski definition) is 0. The van der Waals surface area contributed by atoms with Gasteiger partial charge in [0, 0.05) is 20.6 Å². The Kier molecular flexibility index (Phi) is 6.23. The van der Waals surface area contributed by atoms with Crippen molar-refractivity contribution in [2.24, 2.45) is 5.16 Å². The van der Waals surface area contributed by atoms with Crippen molar-refractivity contribution in [2.75, 3.05) is 0 Å². The van der Waals surface area contributed by atoms with E-state index in [-0.39, 0.29) is 0 Å². The van der Waals surface area contributed by atoms with Crippen molar-refractivity contribution in [3.63, 3.8) is 0 Å². The lowest BCUT2D eigenvalue weighted by Gasteiger charge is -2.13. The van der Waals surface area contributed by atoms with E-state index in [1.807, 2.05) is 54.6 Å². The smallest absolute Gasteiger partial charge is 0.368 e. The fourth-order valence-electron chi connectivity index (χ4n) is 2.95. The van der Waals surface area contributed by atoms with Gasteiger partial charge in [-0.3, -0.25) is 0 Å². The van der Waals surface area contributed by atoms with E-state index >= 15 is 0 Å². The molecule has 0 atom stereocenters. The lowest BCUT2D eigenvalue weighted by Crippen LogP contribution is -2.07. The summed E-state index contributed by atoms with van der Waals surface area (Å²) in [7, 11) is 0. The van der Waals surface area contributed by atoms with Gasteiger partial charge >= 0.3 is 5.97 Å². The van der Waals surface area contributed by atoms with E-state index in [0.29, 0.717) is 39.2 Å². The molecular formula is C23H14BrCl2NO3. The van der Waals surface area contributed by atoms with Gasteiger partial charge in [0.05, 0.1) is 10.6 Å². The average Bonchev–Trinajstić information content (AvgIpc) is 3.09. The monoisotopic (exact) mass is 501 g/mol. The second kappa shape index (κ2) is 9.04. The van der Waals surface area contributed by atoms with Gasteiger partial charge in [-0.15, -0.1) is 0 Å². The molecule has 0 N–H and O–H groups in total. The zero-order valence-corrected chi connectivity index (χ0v) is 18.5. The number of hydrogen-bond acceptors (Lipinski definition) is 4. The summed E-state index contributed by atoms with van der Waals surface area (Å²) >= 11 is 16.0. The highest BCUT2D eigenvalue weighted by Gasteiger charge is 2.27. The Balaban J connectivity index is 1.70. The SMILES string of the molecule is O=C1ON=C(c2ccccc2)/C1=C/c1cc(Cl)cc(Cl)c1OCc1ccc(Br)cc1. The quantitative estimate of drug-likeness (QED) is 0.289. The summed E-state index contributed by atoms with van der Waals surface area (Å²) in [6.45, 7) is 0.300. The first kappa shape index (κ1) is 20.7. The van der Waals surface area contributed by atoms with Crippen molar-refractivity contribution in [1.82, 2.24) is 0 Å². The molecule has 0 radical (unpaired) electrons. The third kappa shape index (κ3) is 4.59. The van der Waals surface area contributed by atoms with Crippen LogP contribution in [0.1, 0.15) is 16.7 Å². The van der Waals surface area contributed by atoms with Gasteiger partial charge in [0.25, 0.3) is 0 Å². The molecule has 1 aliphatic heterocycles. The third-order valence-corrected chi connectivity index (χ3v) is 5.40. The van der Waals surface area contributed by atoms with Crippen LogP contribution in [-0.2, 0) is 16.2 Å². The number of benzene rings is 3. The van der Waals surface area contributed by atoms with Gasteiger partial charge < -0.3 is 9.57 Å². The van der Waals surface area contributed by atoms with Crippen LogP contribution in [0.25, 0.3) is 6.08 Å². The number of nitrogens with zero attached hydrogens (tertiary/aromatic N) is 1. The van der Waals surface area contributed by atoms with Gasteiger partial charge in [0.15, 0.2) is 0 Å². The van der Waals surface area contributed by atoms with Crippen molar-refractivity contribution in [3.8, 4) is 5.75 Å². The molecule has 1 heterocycles. The molecule has 150 valence electrons. The fourth-order valence-corrected chi connectivity index (χ4v) is 3.77. The molecule has 0 spiro atoms. The van der Waals surface area contributed by atoms with Gasteiger partial charge in [0.2, 0.25) is 0 Å². The number of halogens is 3. The molecule has 0 bridgehead atoms. The minimum absolute atomic E-state index is 0.299. The lowest BCUT2D eigenvalue weighted by molar-refractivity contribution is -0.136. The maximum atomic E-state index is 12.3. The summed E-state index contributed by atoms with van der Waals surface area (Å²) in [6, 6.07) is 20.4. The van der Waals surface area contributed by atoms with Gasteiger partial charge in [0.1, 0.15) is 18.1 Å². The molecule has 30 heavy (non-hydrogen) atoms. The second-order valence-electron chi connectivity index (χ2n) is 6.46. The highest BCUT2D eigenvalue weighted by Crippen LogP contribution is 2.35. The number of carbonyl (C=O) groups is 1. The maximum absolute atomic E-state index is 12.3. The second-order valence-corrected chi connectivity index (χ2v) is 8.22. The number of rotatable bonds is 5. The first-order chi connectivity index (χ1) is 14.5. The summed E-state index contributed by atoms with van der Waals surface area (Å²) < 4.78 is 6.97. The van der Waals surface area contributed by atoms with Crippen molar-refractivity contribution in [2.45, 2.75) is 6.61 Å². The van der Waals surface area contributed by atoms with Crippen LogP contribution in [0.15, 0.2) is 81.9 Å². The third-order valence-electron chi connectivity index (χ3n) is 4.38. The van der Waals surface area contributed by atoms with Crippen LogP contribution in [-0.4, -0.2) is 11.7 Å². The molecule has 0 aliphatic carbocycles. The van der Waals surface area contributed by atoms with Crippen molar-refractivity contribution >= 4 is 56.9 Å². The van der Waals surface area contributed by atoms with E-state index in [0.717, 1.165) is 15.6 Å². The molecule has 0 aromatic heterocycles. The number of oxime groups is 1. The standard InChI is InChI=1S/C23H14BrCl2NO3/c24-17-8-6-14(7-9-17)13-29-22-16(10-18(25)12-20(22)26)11-19-21(27-30-23(19)28)15-4-2-1-3-5-15/h1-12H,13H2/b19-11-. The first-order valence-corrected chi connectivity index (χ1v) is 10.5. The van der Waals surface area contributed by atoms with Crippen LogP contribution >= 0.6 is 39.1 Å². The van der Waals surface area contributed by atoms with Gasteiger partial charge in [-0.1, -0.05) is 86.8 Å². The predicted octanol–water partition coefficient (Wildman–Crippen LogP) is 6.68. The Bertz CT molecular complexity index is 1160. The molecule has 4 rings (SSSR count). The Morgan fingerprint density at radius 2 is 1.77 bits per heavy atom. The highest BCUT2D eigenvalue weighted by molar-refractivity contribution is 9.10. The molecule has 0 unspecified atom stereocenters. The first-order valence-electron chi connectivity index (χ1n) is 8.94. The molecular weight excluding hydrogens is 489 g/mol. The fraction of sp³-hybridized carbons (Fsp3) is 0.0435. The van der Waals surface area contributed by atoms with E-state index in [4.69, 9.17) is 32.8 Å². The average molecular weight is 503 g/mol. The minimum atomic E-state index is -0.552. The minimum Gasteiger partial charge on any atom is -0.487 e. The lowest BCUT2D eigenvalue weighted by atomic mass is 10.0. The largest absolute Gasteiger partial charge is 0.487 e. The van der Waals surface area contributed by atoms with E-state index in [2.05, 4.69) is 21.1 Å². The molecule has 3 aromatic rings. The molecule has 0 fully saturated rings. The van der Waals surface area contributed by atoms with Crippen LogP contribution in [0.2, 0.25) is 10.0 Å². The van der Waals surface area contributed by atoms with Gasteiger partial charge in [-0.05, 0) is 35.9 Å².